The van der Waals surface area contributed by atoms with Crippen molar-refractivity contribution >= 4 is 46.3 Å². The van der Waals surface area contributed by atoms with Gasteiger partial charge in [-0.05, 0) is 141 Å². The van der Waals surface area contributed by atoms with E-state index in [0.29, 0.717) is 0 Å². The van der Waals surface area contributed by atoms with Gasteiger partial charge >= 0.3 is 21.7 Å². The number of carbonyl (C=O) groups excluding carboxylic acids is 8. The van der Waals surface area contributed by atoms with Crippen LogP contribution in [0.2, 0.25) is 0 Å². The van der Waals surface area contributed by atoms with Crippen LogP contribution in [-0.4, -0.2) is 56.5 Å². The van der Waals surface area contributed by atoms with Crippen LogP contribution >= 0.6 is 0 Å². The Kier molecular flexibility index (Phi) is 33.9. The molecule has 0 saturated heterocycles. The van der Waals surface area contributed by atoms with Gasteiger partial charge in [0, 0.05) is 0 Å². The first-order valence-electron chi connectivity index (χ1n) is 19.8. The van der Waals surface area contributed by atoms with Gasteiger partial charge in [-0.15, -0.1) is 11.5 Å². The minimum Gasteiger partial charge on any atom is -0.873 e. The summed E-state index contributed by atoms with van der Waals surface area (Å²) in [5.74, 6) is 0.253. The molecule has 0 saturated carbocycles. The summed E-state index contributed by atoms with van der Waals surface area (Å²) in [4.78, 5) is 80.3. The molecule has 0 bridgehead atoms. The maximum atomic E-state index is 11.0. The molecule has 4 rings (SSSR count). The number of hydrogen-bond acceptors (Lipinski definition) is 12. The van der Waals surface area contributed by atoms with Crippen LogP contribution in [0.5, 0.6) is 11.5 Å². The van der Waals surface area contributed by atoms with E-state index in [-0.39, 0.29) is 117 Å². The normalized spacial score (nSPS) is 13.3. The first-order valence-corrected chi connectivity index (χ1v) is 19.8. The Bertz CT molecular complexity index is 1790. The van der Waals surface area contributed by atoms with E-state index in [2.05, 4.69) is 13.8 Å². The number of Topliss-reactive ketones (excluding diaryl/α,β-unsaturated/α-hetero) is 8. The minimum absolute atomic E-state index is 0. The van der Waals surface area contributed by atoms with Crippen molar-refractivity contribution in [3.05, 3.63) is 130 Å². The van der Waals surface area contributed by atoms with E-state index >= 15 is 0 Å². The van der Waals surface area contributed by atoms with Crippen LogP contribution in [0, 0.1) is 0 Å². The summed E-state index contributed by atoms with van der Waals surface area (Å²) >= 11 is 0. The molecule has 2 aliphatic rings. The number of rotatable bonds is 12. The molecule has 0 aliphatic heterocycles. The molecule has 13 heteroatoms. The molecule has 0 aromatic heterocycles. The van der Waals surface area contributed by atoms with Crippen LogP contribution in [-0.2, 0) is 72.9 Å². The summed E-state index contributed by atoms with van der Waals surface area (Å²) in [5.41, 5.74) is 7.26. The Morgan fingerprint density at radius 2 is 0.635 bits per heavy atom. The van der Waals surface area contributed by atoms with Crippen molar-refractivity contribution in [1.29, 1.82) is 0 Å². The summed E-state index contributed by atoms with van der Waals surface area (Å²) in [5, 5.41) is 40.5. The predicted octanol–water partition coefficient (Wildman–Crippen LogP) is 7.13. The number of phenolic OH excluding ortho intramolecular Hbond substituents is 2. The Hall–Kier alpha value is -5.85. The van der Waals surface area contributed by atoms with E-state index in [1.54, 1.807) is 48.6 Å². The van der Waals surface area contributed by atoms with E-state index in [1.807, 2.05) is 36.4 Å². The number of allylic oxidation sites excluding steroid dienone is 10. The Balaban J connectivity index is -0.000000727. The van der Waals surface area contributed by atoms with E-state index in [0.717, 1.165) is 36.8 Å². The van der Waals surface area contributed by atoms with Crippen molar-refractivity contribution in [2.75, 3.05) is 0 Å². The van der Waals surface area contributed by atoms with Gasteiger partial charge in [0.05, 0.1) is 25.7 Å². The molecule has 0 amide bonds. The van der Waals surface area contributed by atoms with E-state index in [9.17, 15) is 58.8 Å². The van der Waals surface area contributed by atoms with E-state index in [4.69, 9.17) is 0 Å². The Morgan fingerprint density at radius 1 is 0.413 bits per heavy atom. The third-order valence-electron chi connectivity index (χ3n) is 7.84. The van der Waals surface area contributed by atoms with Gasteiger partial charge in [-0.3, -0.25) is 38.4 Å². The smallest absolute Gasteiger partial charge is 0.873 e. The molecular formula is C50H62O12Ti. The number of benzene rings is 2. The zero-order valence-corrected chi connectivity index (χ0v) is 39.8. The van der Waals surface area contributed by atoms with Gasteiger partial charge in [0.15, 0.2) is 0 Å². The molecule has 0 fully saturated rings. The van der Waals surface area contributed by atoms with Crippen LogP contribution in [0.1, 0.15) is 119 Å². The fraction of sp³-hybridized carbons (Fsp3) is 0.360. The van der Waals surface area contributed by atoms with Gasteiger partial charge in [-0.2, -0.15) is 0 Å². The molecule has 2 aromatic rings. The van der Waals surface area contributed by atoms with Crippen LogP contribution < -0.4 is 10.2 Å². The van der Waals surface area contributed by atoms with Crippen molar-refractivity contribution in [3.8, 4) is 11.5 Å². The van der Waals surface area contributed by atoms with Crippen molar-refractivity contribution in [2.45, 2.75) is 121 Å². The predicted molar refractivity (Wildman–Crippen MR) is 237 cm³/mol. The molecule has 0 radical (unpaired) electrons. The molecule has 2 N–H and O–H groups in total. The fourth-order valence-corrected chi connectivity index (χ4v) is 5.16. The molecular weight excluding hydrogens is 840 g/mol. The van der Waals surface area contributed by atoms with Crippen LogP contribution in [0.15, 0.2) is 119 Å². The fourth-order valence-electron chi connectivity index (χ4n) is 5.16. The van der Waals surface area contributed by atoms with Crippen LogP contribution in [0.25, 0.3) is 0 Å². The van der Waals surface area contributed by atoms with Crippen molar-refractivity contribution < 1.29 is 80.5 Å². The third-order valence-corrected chi connectivity index (χ3v) is 7.84. The van der Waals surface area contributed by atoms with Crippen molar-refractivity contribution in [3.63, 3.8) is 0 Å². The third kappa shape index (κ3) is 37.6. The summed E-state index contributed by atoms with van der Waals surface area (Å²) in [6.07, 6.45) is 13.9. The van der Waals surface area contributed by atoms with Gasteiger partial charge in [-0.25, -0.2) is 0 Å². The average molecular weight is 903 g/mol. The van der Waals surface area contributed by atoms with E-state index < -0.39 is 0 Å². The monoisotopic (exact) mass is 902 g/mol. The van der Waals surface area contributed by atoms with Crippen molar-refractivity contribution in [2.24, 2.45) is 0 Å². The van der Waals surface area contributed by atoms with Gasteiger partial charge in [0.25, 0.3) is 0 Å². The maximum absolute atomic E-state index is 11.0. The molecule has 2 aliphatic carbocycles. The van der Waals surface area contributed by atoms with Crippen molar-refractivity contribution in [1.82, 2.24) is 0 Å². The topological polar surface area (TPSA) is 223 Å². The zero-order chi connectivity index (χ0) is 47.9. The maximum Gasteiger partial charge on any atom is 2.00 e. The average Bonchev–Trinajstić information content (AvgIpc) is 3.13. The molecule has 0 atom stereocenters. The molecule has 63 heavy (non-hydrogen) atoms. The number of aromatic hydroxyl groups is 2. The SMILES string of the molecule is CC(=O)CC(C)=O.CC(=O)CC(C)=O.CC(=O)CC(C)=O.CC(=O)CC(C)=O.CC(Cc1ccc(O)cc1)=C1C=CC([O-])=CC1.CC(Cc1ccc(O)cc1)=C1C=CC([O-])=CC1.[Ti+2]. The van der Waals surface area contributed by atoms with Gasteiger partial charge in [0.2, 0.25) is 0 Å². The molecule has 338 valence electrons. The Labute approximate surface area is 387 Å². The summed E-state index contributed by atoms with van der Waals surface area (Å²) < 4.78 is 0. The van der Waals surface area contributed by atoms with Gasteiger partial charge in [-0.1, -0.05) is 71.9 Å². The van der Waals surface area contributed by atoms with Crippen LogP contribution in [0.3, 0.4) is 0 Å². The first kappa shape index (κ1) is 61.5. The second kappa shape index (κ2) is 34.7. The van der Waals surface area contributed by atoms with E-state index in [1.165, 1.54) is 77.7 Å². The summed E-state index contributed by atoms with van der Waals surface area (Å²) in [6.45, 7) is 15.4. The molecule has 12 nitrogen and oxygen atoms in total. The number of hydrogen-bond donors (Lipinski definition) is 2. The number of ketones is 8. The minimum atomic E-state index is -0.0625. The first-order chi connectivity index (χ1) is 28.8. The standard InChI is InChI=1S/2C15H16O2.4C5H8O2.Ti/c2*1-11(13-4-8-15(17)9-5-13)10-12-2-6-14(16)7-3-12;4*1-4(6)3-5(2)7;/h2*2-4,6-9,16-17H,5,10H2,1H3;4*3H2,1-2H3;/q;;;;;;+2/p-2. The summed E-state index contributed by atoms with van der Waals surface area (Å²) in [6, 6.07) is 14.4. The number of carbonyl (C=O) groups is 8. The second-order valence-electron chi connectivity index (χ2n) is 14.9. The van der Waals surface area contributed by atoms with Gasteiger partial charge < -0.3 is 20.4 Å². The van der Waals surface area contributed by atoms with Gasteiger partial charge in [0.1, 0.15) is 57.8 Å². The second-order valence-corrected chi connectivity index (χ2v) is 14.9. The Morgan fingerprint density at radius 3 is 0.794 bits per heavy atom. The molecule has 0 unspecified atom stereocenters. The quantitative estimate of drug-likeness (QED) is 0.160. The van der Waals surface area contributed by atoms with Crippen LogP contribution in [0.4, 0.5) is 0 Å². The number of phenols is 2. The summed E-state index contributed by atoms with van der Waals surface area (Å²) in [7, 11) is 0. The molecule has 0 spiro atoms. The molecule has 0 heterocycles. The molecule has 2 aromatic carbocycles. The zero-order valence-electron chi connectivity index (χ0n) is 38.2. The largest absolute Gasteiger partial charge is 2.00 e.